The molecule has 5 nitrogen and oxygen atoms in total. The van der Waals surface area contributed by atoms with Gasteiger partial charge >= 0.3 is 0 Å². The third kappa shape index (κ3) is 7.21. The average Bonchev–Trinajstić information content (AvgIpc) is 3.61. The molecule has 2 amide bonds. The van der Waals surface area contributed by atoms with E-state index >= 15 is 0 Å². The third-order valence-electron chi connectivity index (χ3n) is 5.75. The summed E-state index contributed by atoms with van der Waals surface area (Å²) in [7, 11) is 0. The normalized spacial score (nSPS) is 14.3. The van der Waals surface area contributed by atoms with Crippen LogP contribution in [-0.2, 0) is 11.3 Å². The lowest BCUT2D eigenvalue weighted by molar-refractivity contribution is -0.123. The first kappa shape index (κ1) is 23.0. The summed E-state index contributed by atoms with van der Waals surface area (Å²) >= 11 is 0. The molecule has 0 radical (unpaired) electrons. The molecule has 0 saturated heterocycles. The number of hydrogen-bond donors (Lipinski definition) is 2. The quantitative estimate of drug-likeness (QED) is 0.532. The number of nitrogens with zero attached hydrogens (tertiary/aromatic N) is 1. The average molecular weight is 422 g/mol. The second-order valence-electron chi connectivity index (χ2n) is 8.38. The number of hydrogen-bond acceptors (Lipinski definition) is 3. The van der Waals surface area contributed by atoms with E-state index in [1.807, 2.05) is 30.3 Å². The number of rotatable bonds is 12. The lowest BCUT2D eigenvalue weighted by Crippen LogP contribution is -2.39. The Morgan fingerprint density at radius 1 is 1.06 bits per heavy atom. The van der Waals surface area contributed by atoms with Crippen LogP contribution in [0.5, 0.6) is 0 Å². The van der Waals surface area contributed by atoms with Crippen molar-refractivity contribution in [2.24, 2.45) is 0 Å². The summed E-state index contributed by atoms with van der Waals surface area (Å²) in [5, 5.41) is 6.05. The van der Waals surface area contributed by atoms with Crippen LogP contribution >= 0.6 is 0 Å². The second-order valence-corrected chi connectivity index (χ2v) is 8.38. The van der Waals surface area contributed by atoms with E-state index in [-0.39, 0.29) is 17.9 Å². The molecule has 1 atom stereocenters. The number of carbonyl (C=O) groups excluding carboxylic acids is 2. The first-order chi connectivity index (χ1) is 15.1. The lowest BCUT2D eigenvalue weighted by atomic mass is 10.0. The van der Waals surface area contributed by atoms with Gasteiger partial charge < -0.3 is 10.6 Å². The van der Waals surface area contributed by atoms with E-state index in [2.05, 4.69) is 53.6 Å². The zero-order valence-electron chi connectivity index (χ0n) is 18.8. The number of carbonyl (C=O) groups is 2. The van der Waals surface area contributed by atoms with Gasteiger partial charge in [-0.05, 0) is 55.5 Å². The Kier molecular flexibility index (Phi) is 8.65. The topological polar surface area (TPSA) is 61.4 Å². The smallest absolute Gasteiger partial charge is 0.251 e. The van der Waals surface area contributed by atoms with Gasteiger partial charge in [0.2, 0.25) is 5.91 Å². The molecule has 2 aromatic rings. The third-order valence-corrected chi connectivity index (χ3v) is 5.75. The van der Waals surface area contributed by atoms with E-state index in [1.54, 1.807) is 0 Å². The van der Waals surface area contributed by atoms with Crippen molar-refractivity contribution in [3.63, 3.8) is 0 Å². The predicted octanol–water partition coefficient (Wildman–Crippen LogP) is 4.45. The zero-order valence-corrected chi connectivity index (χ0v) is 18.8. The highest BCUT2D eigenvalue weighted by molar-refractivity contribution is 5.94. The van der Waals surface area contributed by atoms with Crippen LogP contribution in [0.25, 0.3) is 0 Å². The van der Waals surface area contributed by atoms with Crippen LogP contribution in [0.15, 0.2) is 54.6 Å². The van der Waals surface area contributed by atoms with Gasteiger partial charge in [0.15, 0.2) is 0 Å². The fourth-order valence-corrected chi connectivity index (χ4v) is 3.85. The summed E-state index contributed by atoms with van der Waals surface area (Å²) in [5.41, 5.74) is 2.84. The van der Waals surface area contributed by atoms with Gasteiger partial charge in [0.25, 0.3) is 5.91 Å². The van der Waals surface area contributed by atoms with Gasteiger partial charge in [0.1, 0.15) is 0 Å². The minimum Gasteiger partial charge on any atom is -0.351 e. The van der Waals surface area contributed by atoms with E-state index in [1.165, 1.54) is 5.56 Å². The molecular formula is C26H35N3O2. The maximum absolute atomic E-state index is 12.8. The maximum Gasteiger partial charge on any atom is 0.251 e. The first-order valence-corrected chi connectivity index (χ1v) is 11.6. The largest absolute Gasteiger partial charge is 0.351 e. The van der Waals surface area contributed by atoms with Crippen LogP contribution < -0.4 is 10.6 Å². The molecule has 0 unspecified atom stereocenters. The molecule has 166 valence electrons. The monoisotopic (exact) mass is 421 g/mol. The van der Waals surface area contributed by atoms with Crippen LogP contribution in [0.2, 0.25) is 0 Å². The van der Waals surface area contributed by atoms with Crippen molar-refractivity contribution >= 4 is 11.8 Å². The SMILES string of the molecule is CCCCN(CC(=O)NCc1cccc(C(=O)NC2CC2)c1)[C@@H](CC)c1ccccc1. The maximum atomic E-state index is 12.8. The molecule has 2 N–H and O–H groups in total. The van der Waals surface area contributed by atoms with E-state index in [0.29, 0.717) is 24.7 Å². The summed E-state index contributed by atoms with van der Waals surface area (Å²) in [5.74, 6) is -0.0200. The van der Waals surface area contributed by atoms with Gasteiger partial charge in [0.05, 0.1) is 6.54 Å². The number of amides is 2. The van der Waals surface area contributed by atoms with Gasteiger partial charge in [-0.2, -0.15) is 0 Å². The number of unbranched alkanes of at least 4 members (excludes halogenated alkanes) is 1. The van der Waals surface area contributed by atoms with Crippen LogP contribution in [0, 0.1) is 0 Å². The highest BCUT2D eigenvalue weighted by Gasteiger charge is 2.24. The van der Waals surface area contributed by atoms with Gasteiger partial charge in [-0.15, -0.1) is 0 Å². The molecule has 31 heavy (non-hydrogen) atoms. The van der Waals surface area contributed by atoms with Crippen molar-refractivity contribution in [3.05, 3.63) is 71.3 Å². The Labute approximate surface area is 186 Å². The van der Waals surface area contributed by atoms with Crippen LogP contribution in [0.4, 0.5) is 0 Å². The van der Waals surface area contributed by atoms with Crippen molar-refractivity contribution in [2.45, 2.75) is 64.6 Å². The van der Waals surface area contributed by atoms with Gasteiger partial charge in [-0.25, -0.2) is 0 Å². The Bertz CT molecular complexity index is 849. The van der Waals surface area contributed by atoms with Crippen molar-refractivity contribution in [2.75, 3.05) is 13.1 Å². The predicted molar refractivity (Wildman–Crippen MR) is 125 cm³/mol. The van der Waals surface area contributed by atoms with Crippen molar-refractivity contribution < 1.29 is 9.59 Å². The van der Waals surface area contributed by atoms with Crippen molar-refractivity contribution in [1.29, 1.82) is 0 Å². The van der Waals surface area contributed by atoms with Crippen molar-refractivity contribution in [3.8, 4) is 0 Å². The second kappa shape index (κ2) is 11.7. The fraction of sp³-hybridized carbons (Fsp3) is 0.462. The molecule has 0 aromatic heterocycles. The van der Waals surface area contributed by atoms with Crippen LogP contribution in [0.1, 0.15) is 73.5 Å². The molecule has 1 saturated carbocycles. The molecule has 2 aromatic carbocycles. The van der Waals surface area contributed by atoms with E-state index in [0.717, 1.165) is 44.2 Å². The molecule has 1 fully saturated rings. The Morgan fingerprint density at radius 3 is 2.52 bits per heavy atom. The van der Waals surface area contributed by atoms with Crippen LogP contribution in [0.3, 0.4) is 0 Å². The molecule has 3 rings (SSSR count). The minimum atomic E-state index is -0.0323. The van der Waals surface area contributed by atoms with Gasteiger partial charge in [-0.1, -0.05) is 62.7 Å². The van der Waals surface area contributed by atoms with E-state index in [9.17, 15) is 9.59 Å². The summed E-state index contributed by atoms with van der Waals surface area (Å²) in [6, 6.07) is 18.5. The minimum absolute atomic E-state index is 0.0123. The van der Waals surface area contributed by atoms with Crippen LogP contribution in [-0.4, -0.2) is 35.8 Å². The first-order valence-electron chi connectivity index (χ1n) is 11.6. The van der Waals surface area contributed by atoms with Gasteiger partial charge in [-0.3, -0.25) is 14.5 Å². The molecule has 0 spiro atoms. The molecule has 0 aliphatic heterocycles. The summed E-state index contributed by atoms with van der Waals surface area (Å²) in [6.07, 6.45) is 5.25. The molecule has 0 bridgehead atoms. The Morgan fingerprint density at radius 2 is 1.84 bits per heavy atom. The van der Waals surface area contributed by atoms with E-state index < -0.39 is 0 Å². The number of benzene rings is 2. The number of nitrogens with one attached hydrogen (secondary N) is 2. The van der Waals surface area contributed by atoms with E-state index in [4.69, 9.17) is 0 Å². The molecule has 0 heterocycles. The Balaban J connectivity index is 1.58. The summed E-state index contributed by atoms with van der Waals surface area (Å²) < 4.78 is 0. The molecule has 1 aliphatic carbocycles. The fourth-order valence-electron chi connectivity index (χ4n) is 3.85. The highest BCUT2D eigenvalue weighted by atomic mass is 16.2. The summed E-state index contributed by atoms with van der Waals surface area (Å²) in [6.45, 7) is 6.04. The lowest BCUT2D eigenvalue weighted by Gasteiger charge is -2.31. The zero-order chi connectivity index (χ0) is 22.1. The highest BCUT2D eigenvalue weighted by Crippen LogP contribution is 2.24. The summed E-state index contributed by atoms with van der Waals surface area (Å²) in [4.78, 5) is 27.3. The standard InChI is InChI=1S/C26H35N3O2/c1-3-5-16-29(24(4-2)21-11-7-6-8-12-21)19-25(30)27-18-20-10-9-13-22(17-20)26(31)28-23-14-15-23/h6-13,17,23-24H,3-5,14-16,18-19H2,1-2H3,(H,27,30)(H,28,31)/t24-/m0/s1. The van der Waals surface area contributed by atoms with Crippen molar-refractivity contribution in [1.82, 2.24) is 15.5 Å². The molecule has 1 aliphatic rings. The molecular weight excluding hydrogens is 386 g/mol. The molecule has 5 heteroatoms. The van der Waals surface area contributed by atoms with Gasteiger partial charge in [0, 0.05) is 24.2 Å². The Hall–Kier alpha value is -2.66.